The molecule has 1 atom stereocenters. The molecule has 1 unspecified atom stereocenters. The van der Waals surface area contributed by atoms with Crippen molar-refractivity contribution in [2.24, 2.45) is 5.92 Å². The Balaban J connectivity index is 2.03. The number of nitro groups is 1. The summed E-state index contributed by atoms with van der Waals surface area (Å²) in [5.41, 5.74) is 0.0404. The van der Waals surface area contributed by atoms with E-state index in [4.69, 9.17) is 0 Å². The fourth-order valence-electron chi connectivity index (χ4n) is 3.17. The minimum Gasteiger partial charge on any atom is -0.363 e. The summed E-state index contributed by atoms with van der Waals surface area (Å²) in [6.45, 7) is 0.690. The van der Waals surface area contributed by atoms with E-state index in [1.165, 1.54) is 38.2 Å². The van der Waals surface area contributed by atoms with E-state index in [1.807, 2.05) is 0 Å². The van der Waals surface area contributed by atoms with Crippen LogP contribution in [0.15, 0.2) is 18.3 Å². The van der Waals surface area contributed by atoms with Gasteiger partial charge in [-0.25, -0.2) is 4.98 Å². The minimum absolute atomic E-state index is 0.0404. The predicted octanol–water partition coefficient (Wildman–Crippen LogP) is 2.91. The van der Waals surface area contributed by atoms with Crippen LogP contribution in [0, 0.1) is 16.0 Å². The molecule has 1 aliphatic carbocycles. The maximum Gasteiger partial charge on any atom is 0.311 e. The van der Waals surface area contributed by atoms with E-state index in [9.17, 15) is 10.1 Å². The van der Waals surface area contributed by atoms with Gasteiger partial charge in [0.15, 0.2) is 0 Å². The molecule has 0 spiro atoms. The Morgan fingerprint density at radius 2 is 2.14 bits per heavy atom. The van der Waals surface area contributed by atoms with Gasteiger partial charge in [-0.3, -0.25) is 10.1 Å². The number of hydrogen-bond acceptors (Lipinski definition) is 5. The van der Waals surface area contributed by atoms with E-state index in [0.29, 0.717) is 24.3 Å². The smallest absolute Gasteiger partial charge is 0.311 e. The van der Waals surface area contributed by atoms with Crippen molar-refractivity contribution in [2.45, 2.75) is 38.1 Å². The van der Waals surface area contributed by atoms with Gasteiger partial charge in [-0.2, -0.15) is 0 Å². The average Bonchev–Trinajstić information content (AvgIpc) is 2.48. The number of aromatic nitrogens is 1. The zero-order chi connectivity index (χ0) is 15.2. The summed E-state index contributed by atoms with van der Waals surface area (Å²) in [6, 6.07) is 3.46. The summed E-state index contributed by atoms with van der Waals surface area (Å²) < 4.78 is 0. The standard InChI is InChI=1S/C15H24N4O2/c1-18(2)14(12-7-4-3-5-8-12)11-17-15-13(19(20)21)9-6-10-16-15/h6,9-10,12,14H,3-5,7-8,11H2,1-2H3,(H,16,17). The third kappa shape index (κ3) is 4.14. The Morgan fingerprint density at radius 1 is 1.43 bits per heavy atom. The average molecular weight is 292 g/mol. The summed E-state index contributed by atoms with van der Waals surface area (Å²) in [6.07, 6.45) is 7.98. The molecule has 0 aliphatic heterocycles. The Hall–Kier alpha value is -1.69. The van der Waals surface area contributed by atoms with Crippen LogP contribution in [-0.4, -0.2) is 41.5 Å². The van der Waals surface area contributed by atoms with Gasteiger partial charge in [0.2, 0.25) is 5.82 Å². The van der Waals surface area contributed by atoms with Crippen molar-refractivity contribution in [3.8, 4) is 0 Å². The highest BCUT2D eigenvalue weighted by Crippen LogP contribution is 2.29. The Bertz CT molecular complexity index is 472. The molecule has 1 aromatic rings. The van der Waals surface area contributed by atoms with E-state index < -0.39 is 0 Å². The molecule has 1 saturated carbocycles. The number of pyridine rings is 1. The molecule has 0 bridgehead atoms. The molecule has 1 heterocycles. The summed E-state index contributed by atoms with van der Waals surface area (Å²) in [7, 11) is 4.15. The third-order valence-corrected chi connectivity index (χ3v) is 4.32. The van der Waals surface area contributed by atoms with Crippen LogP contribution in [0.25, 0.3) is 0 Å². The zero-order valence-electron chi connectivity index (χ0n) is 12.8. The van der Waals surface area contributed by atoms with Crippen molar-refractivity contribution in [1.82, 2.24) is 9.88 Å². The number of rotatable bonds is 6. The second-order valence-electron chi connectivity index (χ2n) is 5.94. The Kier molecular flexibility index (Phi) is 5.50. The van der Waals surface area contributed by atoms with Crippen molar-refractivity contribution in [2.75, 3.05) is 26.0 Å². The maximum absolute atomic E-state index is 11.0. The second-order valence-corrected chi connectivity index (χ2v) is 5.94. The molecule has 0 radical (unpaired) electrons. The lowest BCUT2D eigenvalue weighted by Crippen LogP contribution is -2.41. The molecular weight excluding hydrogens is 268 g/mol. The van der Waals surface area contributed by atoms with E-state index >= 15 is 0 Å². The highest BCUT2D eigenvalue weighted by molar-refractivity contribution is 5.55. The highest BCUT2D eigenvalue weighted by Gasteiger charge is 2.26. The topological polar surface area (TPSA) is 71.3 Å². The van der Waals surface area contributed by atoms with Crippen LogP contribution < -0.4 is 5.32 Å². The summed E-state index contributed by atoms with van der Waals surface area (Å²) in [5, 5.41) is 14.2. The fourth-order valence-corrected chi connectivity index (χ4v) is 3.17. The van der Waals surface area contributed by atoms with Gasteiger partial charge in [-0.15, -0.1) is 0 Å². The summed E-state index contributed by atoms with van der Waals surface area (Å²) in [4.78, 5) is 17.0. The predicted molar refractivity (Wildman–Crippen MR) is 83.4 cm³/mol. The molecule has 1 N–H and O–H groups in total. The molecule has 0 saturated heterocycles. The van der Waals surface area contributed by atoms with E-state index in [1.54, 1.807) is 12.3 Å². The maximum atomic E-state index is 11.0. The monoisotopic (exact) mass is 292 g/mol. The fraction of sp³-hybridized carbons (Fsp3) is 0.667. The molecule has 116 valence electrons. The number of hydrogen-bond donors (Lipinski definition) is 1. The molecule has 21 heavy (non-hydrogen) atoms. The molecule has 1 fully saturated rings. The zero-order valence-corrected chi connectivity index (χ0v) is 12.8. The first-order valence-corrected chi connectivity index (χ1v) is 7.59. The molecule has 6 heteroatoms. The van der Waals surface area contributed by atoms with Gasteiger partial charge in [-0.05, 0) is 38.9 Å². The van der Waals surface area contributed by atoms with Crippen molar-refractivity contribution < 1.29 is 4.92 Å². The molecule has 2 rings (SSSR count). The van der Waals surface area contributed by atoms with Crippen LogP contribution >= 0.6 is 0 Å². The lowest BCUT2D eigenvalue weighted by atomic mass is 9.83. The Morgan fingerprint density at radius 3 is 2.76 bits per heavy atom. The lowest BCUT2D eigenvalue weighted by Gasteiger charge is -2.35. The van der Waals surface area contributed by atoms with Gasteiger partial charge in [-0.1, -0.05) is 19.3 Å². The van der Waals surface area contributed by atoms with Crippen LogP contribution in [0.5, 0.6) is 0 Å². The molecule has 0 aromatic carbocycles. The largest absolute Gasteiger partial charge is 0.363 e. The molecular formula is C15H24N4O2. The lowest BCUT2D eigenvalue weighted by molar-refractivity contribution is -0.384. The van der Waals surface area contributed by atoms with Crippen LogP contribution in [0.2, 0.25) is 0 Å². The molecule has 6 nitrogen and oxygen atoms in total. The van der Waals surface area contributed by atoms with Crippen molar-refractivity contribution in [3.63, 3.8) is 0 Å². The van der Waals surface area contributed by atoms with Crippen LogP contribution in [-0.2, 0) is 0 Å². The van der Waals surface area contributed by atoms with Gasteiger partial charge in [0.25, 0.3) is 0 Å². The van der Waals surface area contributed by atoms with Crippen LogP contribution in [0.4, 0.5) is 11.5 Å². The van der Waals surface area contributed by atoms with Crippen molar-refractivity contribution >= 4 is 11.5 Å². The van der Waals surface area contributed by atoms with E-state index in [0.717, 1.165) is 0 Å². The van der Waals surface area contributed by atoms with Crippen molar-refractivity contribution in [3.05, 3.63) is 28.4 Å². The van der Waals surface area contributed by atoms with Crippen LogP contribution in [0.3, 0.4) is 0 Å². The molecule has 0 amide bonds. The number of nitrogens with one attached hydrogen (secondary N) is 1. The van der Waals surface area contributed by atoms with Gasteiger partial charge in [0, 0.05) is 24.8 Å². The number of anilines is 1. The molecule has 1 aliphatic rings. The van der Waals surface area contributed by atoms with Gasteiger partial charge in [0.1, 0.15) is 0 Å². The van der Waals surface area contributed by atoms with E-state index in [2.05, 4.69) is 29.3 Å². The first-order valence-electron chi connectivity index (χ1n) is 7.59. The van der Waals surface area contributed by atoms with Gasteiger partial charge in [0.05, 0.1) is 4.92 Å². The van der Waals surface area contributed by atoms with Crippen LogP contribution in [0.1, 0.15) is 32.1 Å². The normalized spacial score (nSPS) is 17.7. The summed E-state index contributed by atoms with van der Waals surface area (Å²) >= 11 is 0. The summed E-state index contributed by atoms with van der Waals surface area (Å²) in [5.74, 6) is 1.02. The number of likely N-dealkylation sites (N-methyl/N-ethyl adjacent to an activating group) is 1. The first-order chi connectivity index (χ1) is 10.1. The van der Waals surface area contributed by atoms with Crippen molar-refractivity contribution in [1.29, 1.82) is 0 Å². The van der Waals surface area contributed by atoms with E-state index in [-0.39, 0.29) is 10.6 Å². The third-order valence-electron chi connectivity index (χ3n) is 4.32. The van der Waals surface area contributed by atoms with Gasteiger partial charge < -0.3 is 10.2 Å². The number of nitrogens with zero attached hydrogens (tertiary/aromatic N) is 3. The highest BCUT2D eigenvalue weighted by atomic mass is 16.6. The Labute approximate surface area is 125 Å². The minimum atomic E-state index is -0.388. The molecule has 1 aromatic heterocycles. The SMILES string of the molecule is CN(C)C(CNc1ncccc1[N+](=O)[O-])C1CCCCC1. The quantitative estimate of drug-likeness (QED) is 0.645. The first kappa shape index (κ1) is 15.7. The van der Waals surface area contributed by atoms with Gasteiger partial charge >= 0.3 is 5.69 Å². The second kappa shape index (κ2) is 7.36.